The Hall–Kier alpha value is -0.890. The van der Waals surface area contributed by atoms with Gasteiger partial charge in [0.2, 0.25) is 0 Å². The largest absolute Gasteiger partial charge is 0.390 e. The minimum Gasteiger partial charge on any atom is -0.390 e. The molecule has 4 rings (SSSR count). The van der Waals surface area contributed by atoms with Crippen molar-refractivity contribution in [2.45, 2.75) is 76.4 Å². The number of aliphatic hydroxyl groups is 3. The molecule has 4 aliphatic rings. The molecule has 4 aliphatic carbocycles. The number of allylic oxidation sites excluding steroid dienone is 1. The summed E-state index contributed by atoms with van der Waals surface area (Å²) in [6.07, 6.45) is 8.78. The van der Waals surface area contributed by atoms with E-state index in [2.05, 4.69) is 12.8 Å². The molecule has 25 heavy (non-hydrogen) atoms. The predicted octanol–water partition coefficient (Wildman–Crippen LogP) is 2.59. The zero-order valence-corrected chi connectivity index (χ0v) is 15.1. The normalized spacial score (nSPS) is 57.7. The third-order valence-electron chi connectivity index (χ3n) is 8.56. The van der Waals surface area contributed by atoms with Crippen LogP contribution in [0.25, 0.3) is 0 Å². The number of rotatable bonds is 0. The van der Waals surface area contributed by atoms with Crippen molar-refractivity contribution in [2.24, 2.45) is 28.6 Å². The molecule has 0 aromatic rings. The van der Waals surface area contributed by atoms with Gasteiger partial charge in [0.05, 0.1) is 12.2 Å². The first-order chi connectivity index (χ1) is 11.7. The Morgan fingerprint density at radius 2 is 1.92 bits per heavy atom. The van der Waals surface area contributed by atoms with Crippen molar-refractivity contribution in [3.05, 3.63) is 11.6 Å². The second-order valence-electron chi connectivity index (χ2n) is 9.32. The lowest BCUT2D eigenvalue weighted by Gasteiger charge is -2.58. The van der Waals surface area contributed by atoms with Crippen LogP contribution < -0.4 is 0 Å². The molecule has 0 heterocycles. The summed E-state index contributed by atoms with van der Waals surface area (Å²) in [4.78, 5) is 0. The van der Waals surface area contributed by atoms with Gasteiger partial charge in [-0.2, -0.15) is 0 Å². The van der Waals surface area contributed by atoms with Gasteiger partial charge in [0.1, 0.15) is 6.17 Å². The Kier molecular flexibility index (Phi) is 3.72. The molecule has 3 saturated carbocycles. The maximum absolute atomic E-state index is 14.7. The van der Waals surface area contributed by atoms with E-state index in [9.17, 15) is 19.7 Å². The van der Waals surface area contributed by atoms with E-state index >= 15 is 0 Å². The van der Waals surface area contributed by atoms with Crippen LogP contribution in [0.1, 0.15) is 52.4 Å². The van der Waals surface area contributed by atoms with Gasteiger partial charge in [0.25, 0.3) is 0 Å². The summed E-state index contributed by atoms with van der Waals surface area (Å²) in [5.41, 5.74) is -1.42. The van der Waals surface area contributed by atoms with Crippen molar-refractivity contribution >= 4 is 0 Å². The van der Waals surface area contributed by atoms with Crippen LogP contribution >= 0.6 is 0 Å². The molecule has 0 aromatic heterocycles. The molecule has 3 N–H and O–H groups in total. The van der Waals surface area contributed by atoms with Crippen LogP contribution in [0.2, 0.25) is 0 Å². The summed E-state index contributed by atoms with van der Waals surface area (Å²) in [7, 11) is 0. The van der Waals surface area contributed by atoms with Crippen molar-refractivity contribution in [3.8, 4) is 12.3 Å². The molecule has 0 aromatic carbocycles. The molecule has 3 nitrogen and oxygen atoms in total. The highest BCUT2D eigenvalue weighted by molar-refractivity contribution is 5.32. The smallest absolute Gasteiger partial charge is 0.156 e. The number of fused-ring (bicyclic) bond motifs is 5. The van der Waals surface area contributed by atoms with Gasteiger partial charge < -0.3 is 15.3 Å². The second-order valence-corrected chi connectivity index (χ2v) is 9.32. The Labute approximate surface area is 149 Å². The van der Waals surface area contributed by atoms with Crippen molar-refractivity contribution in [2.75, 3.05) is 0 Å². The van der Waals surface area contributed by atoms with E-state index in [4.69, 9.17) is 6.42 Å². The highest BCUT2D eigenvalue weighted by Gasteiger charge is 2.67. The van der Waals surface area contributed by atoms with Gasteiger partial charge in [-0.05, 0) is 67.3 Å². The summed E-state index contributed by atoms with van der Waals surface area (Å²) in [5.74, 6) is 3.26. The predicted molar refractivity (Wildman–Crippen MR) is 93.2 cm³/mol. The topological polar surface area (TPSA) is 60.7 Å². The number of terminal acetylenes is 1. The van der Waals surface area contributed by atoms with Crippen LogP contribution in [0, 0.1) is 40.9 Å². The molecular formula is C21H29FO3. The van der Waals surface area contributed by atoms with E-state index in [0.29, 0.717) is 24.7 Å². The standard InChI is InChI=1S/C21H29FO3/c1-4-21(25)17(24)11-15-12-5-6-14-18(22)16(23)8-9-19(14,2)13(12)7-10-20(15,21)3/h1,6,12-13,15-18,23-25H,5,7-11H2,2-3H3/t12-,13+,15+,16-,17-,18+,19-,20+,21+/m1/s1. The average molecular weight is 348 g/mol. The first-order valence-corrected chi connectivity index (χ1v) is 9.60. The molecule has 0 saturated heterocycles. The molecule has 3 fully saturated rings. The van der Waals surface area contributed by atoms with Crippen LogP contribution in [-0.4, -0.2) is 39.3 Å². The molecule has 0 bridgehead atoms. The van der Waals surface area contributed by atoms with E-state index < -0.39 is 29.4 Å². The fraction of sp³-hybridized carbons (Fsp3) is 0.810. The Bertz CT molecular complexity index is 654. The van der Waals surface area contributed by atoms with E-state index in [1.54, 1.807) is 0 Å². The number of hydrogen-bond donors (Lipinski definition) is 3. The third kappa shape index (κ3) is 1.98. The second kappa shape index (κ2) is 5.31. The highest BCUT2D eigenvalue weighted by Crippen LogP contribution is 2.67. The summed E-state index contributed by atoms with van der Waals surface area (Å²) >= 11 is 0. The van der Waals surface area contributed by atoms with Crippen molar-refractivity contribution in [3.63, 3.8) is 0 Å². The zero-order valence-electron chi connectivity index (χ0n) is 15.1. The number of alkyl halides is 1. The maximum atomic E-state index is 14.7. The van der Waals surface area contributed by atoms with Gasteiger partial charge in [-0.15, -0.1) is 6.42 Å². The lowest BCUT2D eigenvalue weighted by molar-refractivity contribution is -0.121. The average Bonchev–Trinajstić information content (AvgIpc) is 2.79. The molecule has 138 valence electrons. The van der Waals surface area contributed by atoms with Crippen LogP contribution in [0.3, 0.4) is 0 Å². The summed E-state index contributed by atoms with van der Waals surface area (Å²) in [6.45, 7) is 4.17. The summed E-state index contributed by atoms with van der Waals surface area (Å²) in [6, 6.07) is 0. The summed E-state index contributed by atoms with van der Waals surface area (Å²) < 4.78 is 14.7. The monoisotopic (exact) mass is 348 g/mol. The third-order valence-corrected chi connectivity index (χ3v) is 8.56. The van der Waals surface area contributed by atoms with Gasteiger partial charge in [-0.3, -0.25) is 0 Å². The quantitative estimate of drug-likeness (QED) is 0.466. The fourth-order valence-corrected chi connectivity index (χ4v) is 6.96. The molecule has 9 atom stereocenters. The molecule has 0 spiro atoms. The van der Waals surface area contributed by atoms with Crippen LogP contribution in [0.5, 0.6) is 0 Å². The molecule has 4 heteroatoms. The van der Waals surface area contributed by atoms with Gasteiger partial charge in [-0.1, -0.05) is 25.8 Å². The molecule has 0 amide bonds. The number of halogens is 1. The molecular weight excluding hydrogens is 319 g/mol. The van der Waals surface area contributed by atoms with E-state index in [0.717, 1.165) is 31.3 Å². The highest BCUT2D eigenvalue weighted by atomic mass is 19.1. The maximum Gasteiger partial charge on any atom is 0.156 e. The first-order valence-electron chi connectivity index (χ1n) is 9.60. The molecule has 0 aliphatic heterocycles. The van der Waals surface area contributed by atoms with Crippen LogP contribution in [-0.2, 0) is 0 Å². The van der Waals surface area contributed by atoms with E-state index in [-0.39, 0.29) is 11.3 Å². The van der Waals surface area contributed by atoms with Crippen molar-refractivity contribution in [1.82, 2.24) is 0 Å². The lowest BCUT2D eigenvalue weighted by Crippen LogP contribution is -2.56. The van der Waals surface area contributed by atoms with E-state index in [1.807, 2.05) is 13.0 Å². The van der Waals surface area contributed by atoms with E-state index in [1.165, 1.54) is 0 Å². The van der Waals surface area contributed by atoms with Crippen LogP contribution in [0.4, 0.5) is 4.39 Å². The van der Waals surface area contributed by atoms with Gasteiger partial charge in [0.15, 0.2) is 5.60 Å². The molecule has 0 unspecified atom stereocenters. The Morgan fingerprint density at radius 1 is 1.20 bits per heavy atom. The van der Waals surface area contributed by atoms with Crippen molar-refractivity contribution < 1.29 is 19.7 Å². The minimum atomic E-state index is -1.47. The van der Waals surface area contributed by atoms with Gasteiger partial charge in [-0.25, -0.2) is 4.39 Å². The fourth-order valence-electron chi connectivity index (χ4n) is 6.96. The van der Waals surface area contributed by atoms with Crippen LogP contribution in [0.15, 0.2) is 11.6 Å². The first kappa shape index (κ1) is 17.5. The van der Waals surface area contributed by atoms with Crippen molar-refractivity contribution in [1.29, 1.82) is 0 Å². The zero-order chi connectivity index (χ0) is 18.2. The van der Waals surface area contributed by atoms with Gasteiger partial charge in [0, 0.05) is 5.41 Å². The summed E-state index contributed by atoms with van der Waals surface area (Å²) in [5, 5.41) is 31.4. The SMILES string of the molecule is C#C[C@]1(O)[C@H](O)C[C@H]2[C@@H]3CC=C4[C@H](F)[C@H](O)CC[C@]4(C)[C@H]3CC[C@@]21C. The molecule has 0 radical (unpaired) electrons. The van der Waals surface area contributed by atoms with Gasteiger partial charge >= 0.3 is 0 Å². The minimum absolute atomic E-state index is 0.141. The Balaban J connectivity index is 1.73. The number of aliphatic hydroxyl groups excluding tert-OH is 2. The number of hydrogen-bond acceptors (Lipinski definition) is 3. The Morgan fingerprint density at radius 3 is 2.60 bits per heavy atom. The lowest BCUT2D eigenvalue weighted by atomic mass is 9.47.